The van der Waals surface area contributed by atoms with Gasteiger partial charge in [-0.3, -0.25) is 9.59 Å². The number of ether oxygens (including phenoxy) is 1. The zero-order chi connectivity index (χ0) is 22.9. The van der Waals surface area contributed by atoms with Crippen LogP contribution in [0.4, 0.5) is 5.69 Å². The topological polar surface area (TPSA) is 91.2 Å². The van der Waals surface area contributed by atoms with Gasteiger partial charge in [-0.25, -0.2) is 0 Å². The maximum Gasteiger partial charge on any atom is 0.234 e. The zero-order valence-electron chi connectivity index (χ0n) is 18.1. The highest BCUT2D eigenvalue weighted by molar-refractivity contribution is 9.10. The van der Waals surface area contributed by atoms with Gasteiger partial charge in [0.15, 0.2) is 0 Å². The van der Waals surface area contributed by atoms with E-state index in [9.17, 15) is 9.59 Å². The van der Waals surface area contributed by atoms with Gasteiger partial charge < -0.3 is 15.4 Å². The molecule has 0 aliphatic carbocycles. The van der Waals surface area contributed by atoms with E-state index >= 15 is 0 Å². The molecule has 2 amide bonds. The lowest BCUT2D eigenvalue weighted by atomic mass is 9.87. The number of nitrogens with one attached hydrogen (secondary N) is 2. The van der Waals surface area contributed by atoms with Crippen molar-refractivity contribution >= 4 is 33.4 Å². The van der Waals surface area contributed by atoms with Crippen molar-refractivity contribution in [3.05, 3.63) is 58.1 Å². The molecule has 0 aliphatic rings. The average Bonchev–Trinajstić information content (AvgIpc) is 2.70. The van der Waals surface area contributed by atoms with Crippen LogP contribution in [0.5, 0.6) is 5.75 Å². The highest BCUT2D eigenvalue weighted by Gasteiger charge is 2.15. The van der Waals surface area contributed by atoms with Crippen LogP contribution < -0.4 is 15.4 Å². The third-order valence-electron chi connectivity index (χ3n) is 4.54. The number of hydrogen-bond donors (Lipinski definition) is 2. The predicted octanol–water partition coefficient (Wildman–Crippen LogP) is 5.07. The molecule has 0 aliphatic heterocycles. The third kappa shape index (κ3) is 8.42. The van der Waals surface area contributed by atoms with Crippen LogP contribution in [0.1, 0.15) is 51.2 Å². The number of amides is 2. The number of halogens is 1. The van der Waals surface area contributed by atoms with E-state index in [1.54, 1.807) is 18.2 Å². The van der Waals surface area contributed by atoms with Crippen LogP contribution in [-0.2, 0) is 21.5 Å². The molecule has 0 spiro atoms. The lowest BCUT2D eigenvalue weighted by Crippen LogP contribution is -2.22. The summed E-state index contributed by atoms with van der Waals surface area (Å²) in [7, 11) is 0. The van der Waals surface area contributed by atoms with Gasteiger partial charge in [0.25, 0.3) is 0 Å². The first-order chi connectivity index (χ1) is 14.7. The largest absolute Gasteiger partial charge is 0.492 e. The Labute approximate surface area is 192 Å². The van der Waals surface area contributed by atoms with E-state index in [0.717, 1.165) is 15.8 Å². The minimum Gasteiger partial charge on any atom is -0.492 e. The smallest absolute Gasteiger partial charge is 0.234 e. The SMILES string of the molecule is CC(C)(C)c1ccc(OCCCC(=O)Nc2cccc(CNC(=O)CC#N)c2)c(Br)c1. The molecule has 0 unspecified atom stereocenters. The summed E-state index contributed by atoms with van der Waals surface area (Å²) in [5.74, 6) is 0.340. The normalized spacial score (nSPS) is 10.8. The molecule has 0 saturated heterocycles. The monoisotopic (exact) mass is 485 g/mol. The molecule has 31 heavy (non-hydrogen) atoms. The van der Waals surface area contributed by atoms with Crippen LogP contribution in [0.3, 0.4) is 0 Å². The molecule has 0 aromatic heterocycles. The maximum atomic E-state index is 12.2. The number of carbonyl (C=O) groups is 2. The van der Waals surface area contributed by atoms with E-state index in [4.69, 9.17) is 10.00 Å². The van der Waals surface area contributed by atoms with E-state index < -0.39 is 0 Å². The Morgan fingerprint density at radius 3 is 2.58 bits per heavy atom. The number of carbonyl (C=O) groups excluding carboxylic acids is 2. The first kappa shape index (κ1) is 24.4. The molecular formula is C24H28BrN3O3. The van der Waals surface area contributed by atoms with Gasteiger partial charge in [-0.1, -0.05) is 39.0 Å². The van der Waals surface area contributed by atoms with Crippen LogP contribution in [0.2, 0.25) is 0 Å². The van der Waals surface area contributed by atoms with Crippen molar-refractivity contribution in [1.29, 1.82) is 5.26 Å². The minimum atomic E-state index is -0.323. The first-order valence-corrected chi connectivity index (χ1v) is 10.9. The van der Waals surface area contributed by atoms with Crippen molar-refractivity contribution < 1.29 is 14.3 Å². The van der Waals surface area contributed by atoms with Crippen molar-refractivity contribution in [2.75, 3.05) is 11.9 Å². The summed E-state index contributed by atoms with van der Waals surface area (Å²) < 4.78 is 6.71. The highest BCUT2D eigenvalue weighted by atomic mass is 79.9. The Bertz CT molecular complexity index is 961. The van der Waals surface area contributed by atoms with E-state index in [1.165, 1.54) is 5.56 Å². The van der Waals surface area contributed by atoms with Crippen molar-refractivity contribution in [3.8, 4) is 11.8 Å². The molecular weight excluding hydrogens is 458 g/mol. The highest BCUT2D eigenvalue weighted by Crippen LogP contribution is 2.31. The molecule has 2 rings (SSSR count). The molecule has 2 aromatic carbocycles. The summed E-state index contributed by atoms with van der Waals surface area (Å²) in [6.07, 6.45) is 0.750. The van der Waals surface area contributed by atoms with Crippen LogP contribution in [0, 0.1) is 11.3 Å². The van der Waals surface area contributed by atoms with Crippen LogP contribution in [0.15, 0.2) is 46.9 Å². The van der Waals surface area contributed by atoms with Gasteiger partial charge in [0, 0.05) is 18.7 Å². The van der Waals surface area contributed by atoms with Crippen molar-refractivity contribution in [3.63, 3.8) is 0 Å². The molecule has 0 radical (unpaired) electrons. The molecule has 6 nitrogen and oxygen atoms in total. The Balaban J connectivity index is 1.77. The Morgan fingerprint density at radius 1 is 1.13 bits per heavy atom. The Hall–Kier alpha value is -2.85. The first-order valence-electron chi connectivity index (χ1n) is 10.1. The second kappa shape index (κ2) is 11.5. The second-order valence-corrected chi connectivity index (χ2v) is 9.06. The third-order valence-corrected chi connectivity index (χ3v) is 5.16. The van der Waals surface area contributed by atoms with Gasteiger partial charge in [0.1, 0.15) is 12.2 Å². The van der Waals surface area contributed by atoms with E-state index in [-0.39, 0.29) is 23.7 Å². The summed E-state index contributed by atoms with van der Waals surface area (Å²) >= 11 is 3.56. The van der Waals surface area contributed by atoms with Crippen molar-refractivity contribution in [2.24, 2.45) is 0 Å². The second-order valence-electron chi connectivity index (χ2n) is 8.21. The van der Waals surface area contributed by atoms with Crippen LogP contribution >= 0.6 is 15.9 Å². The lowest BCUT2D eigenvalue weighted by molar-refractivity contribution is -0.120. The number of nitrogens with zero attached hydrogens (tertiary/aromatic N) is 1. The molecule has 0 atom stereocenters. The van der Waals surface area contributed by atoms with E-state index in [1.807, 2.05) is 18.2 Å². The Morgan fingerprint density at radius 2 is 1.90 bits per heavy atom. The molecule has 164 valence electrons. The van der Waals surface area contributed by atoms with Crippen molar-refractivity contribution in [1.82, 2.24) is 5.32 Å². The minimum absolute atomic E-state index is 0.0681. The number of hydrogen-bond acceptors (Lipinski definition) is 4. The lowest BCUT2D eigenvalue weighted by Gasteiger charge is -2.20. The predicted molar refractivity (Wildman–Crippen MR) is 125 cm³/mol. The quantitative estimate of drug-likeness (QED) is 0.484. The van der Waals surface area contributed by atoms with E-state index in [0.29, 0.717) is 31.7 Å². The fourth-order valence-corrected chi connectivity index (χ4v) is 3.31. The number of rotatable bonds is 9. The summed E-state index contributed by atoms with van der Waals surface area (Å²) in [5, 5.41) is 14.0. The molecule has 0 fully saturated rings. The standard InChI is InChI=1S/C24H28BrN3O3/c1-24(2,3)18-9-10-21(20(25)15-18)31-13-5-8-23(30)28-19-7-4-6-17(14-19)16-27-22(29)11-12-26/h4,6-7,9-10,14-15H,5,8,11,13,16H2,1-3H3,(H,27,29)(H,28,30). The fourth-order valence-electron chi connectivity index (χ4n) is 2.82. The van der Waals surface area contributed by atoms with Gasteiger partial charge >= 0.3 is 0 Å². The summed E-state index contributed by atoms with van der Waals surface area (Å²) in [5.41, 5.74) is 2.80. The molecule has 2 N–H and O–H groups in total. The van der Waals surface area contributed by atoms with Gasteiger partial charge in [0.2, 0.25) is 11.8 Å². The maximum absolute atomic E-state index is 12.2. The summed E-state index contributed by atoms with van der Waals surface area (Å²) in [4.78, 5) is 23.6. The average molecular weight is 486 g/mol. The number of anilines is 1. The zero-order valence-corrected chi connectivity index (χ0v) is 19.7. The molecule has 7 heteroatoms. The summed E-state index contributed by atoms with van der Waals surface area (Å²) in [6, 6.07) is 15.1. The number of nitriles is 1. The van der Waals surface area contributed by atoms with Crippen LogP contribution in [0.25, 0.3) is 0 Å². The van der Waals surface area contributed by atoms with Gasteiger partial charge in [-0.05, 0) is 63.2 Å². The van der Waals surface area contributed by atoms with Crippen molar-refractivity contribution in [2.45, 2.75) is 52.0 Å². The number of benzene rings is 2. The van der Waals surface area contributed by atoms with Gasteiger partial charge in [0.05, 0.1) is 17.1 Å². The molecule has 0 heterocycles. The van der Waals surface area contributed by atoms with Gasteiger partial charge in [-0.2, -0.15) is 5.26 Å². The molecule has 0 saturated carbocycles. The van der Waals surface area contributed by atoms with Crippen LogP contribution in [-0.4, -0.2) is 18.4 Å². The molecule has 2 aromatic rings. The fraction of sp³-hybridized carbons (Fsp3) is 0.375. The van der Waals surface area contributed by atoms with Gasteiger partial charge in [-0.15, -0.1) is 0 Å². The molecule has 0 bridgehead atoms. The Kier molecular flexibility index (Phi) is 9.07. The summed E-state index contributed by atoms with van der Waals surface area (Å²) in [6.45, 7) is 7.23. The van der Waals surface area contributed by atoms with E-state index in [2.05, 4.69) is 59.5 Å².